The topological polar surface area (TPSA) is 76.3 Å². The van der Waals surface area contributed by atoms with Crippen molar-refractivity contribution in [3.63, 3.8) is 0 Å². The molecular formula is C9H7Br2N3O3. The number of nitrogens with zero attached hydrogens (tertiary/aromatic N) is 3. The van der Waals surface area contributed by atoms with E-state index in [1.165, 1.54) is 11.1 Å². The average Bonchev–Trinajstić information content (AvgIpc) is 2.57. The zero-order valence-electron chi connectivity index (χ0n) is 8.47. The highest BCUT2D eigenvalue weighted by Crippen LogP contribution is 2.37. The van der Waals surface area contributed by atoms with E-state index in [-0.39, 0.29) is 22.1 Å². The third kappa shape index (κ3) is 2.32. The molecule has 1 aromatic heterocycles. The SMILES string of the molecule is O=C1CC(Br)CN1c1c(Br)cncc1[N+](=O)[O-]. The molecular weight excluding hydrogens is 358 g/mol. The second kappa shape index (κ2) is 4.69. The van der Waals surface area contributed by atoms with Crippen molar-refractivity contribution in [1.82, 2.24) is 4.98 Å². The van der Waals surface area contributed by atoms with Gasteiger partial charge in [-0.3, -0.25) is 19.9 Å². The number of hydrogen-bond donors (Lipinski definition) is 0. The Bertz CT molecular complexity index is 494. The lowest BCUT2D eigenvalue weighted by Gasteiger charge is -2.16. The molecule has 1 aliphatic rings. The van der Waals surface area contributed by atoms with Crippen LogP contribution in [0.25, 0.3) is 0 Å². The molecule has 8 heteroatoms. The van der Waals surface area contributed by atoms with Crippen molar-refractivity contribution in [2.45, 2.75) is 11.2 Å². The summed E-state index contributed by atoms with van der Waals surface area (Å²) >= 11 is 6.54. The monoisotopic (exact) mass is 363 g/mol. The van der Waals surface area contributed by atoms with E-state index in [0.29, 0.717) is 17.4 Å². The van der Waals surface area contributed by atoms with Crippen molar-refractivity contribution in [2.75, 3.05) is 11.4 Å². The molecule has 2 rings (SSSR count). The molecule has 17 heavy (non-hydrogen) atoms. The first-order valence-corrected chi connectivity index (χ1v) is 6.44. The van der Waals surface area contributed by atoms with E-state index >= 15 is 0 Å². The van der Waals surface area contributed by atoms with Gasteiger partial charge in [0.2, 0.25) is 5.91 Å². The number of aromatic nitrogens is 1. The van der Waals surface area contributed by atoms with Crippen LogP contribution in [-0.4, -0.2) is 27.2 Å². The van der Waals surface area contributed by atoms with Crippen LogP contribution in [0.5, 0.6) is 0 Å². The van der Waals surface area contributed by atoms with E-state index in [0.717, 1.165) is 6.20 Å². The van der Waals surface area contributed by atoms with Crippen LogP contribution in [-0.2, 0) is 4.79 Å². The second-order valence-corrected chi connectivity index (χ2v) is 5.70. The van der Waals surface area contributed by atoms with Crippen molar-refractivity contribution < 1.29 is 9.72 Å². The standard InChI is InChI=1S/C9H7Br2N3O3/c10-5-1-8(15)13(4-5)9-6(11)2-12-3-7(9)14(16)17/h2-3,5H,1,4H2. The van der Waals surface area contributed by atoms with Crippen LogP contribution in [0.2, 0.25) is 0 Å². The predicted molar refractivity (Wildman–Crippen MR) is 68.3 cm³/mol. The van der Waals surface area contributed by atoms with E-state index in [4.69, 9.17) is 0 Å². The molecule has 0 N–H and O–H groups in total. The Morgan fingerprint density at radius 2 is 2.24 bits per heavy atom. The molecule has 0 saturated carbocycles. The molecule has 0 aliphatic carbocycles. The summed E-state index contributed by atoms with van der Waals surface area (Å²) in [7, 11) is 0. The number of rotatable bonds is 2. The van der Waals surface area contributed by atoms with Gasteiger partial charge in [-0.15, -0.1) is 0 Å². The summed E-state index contributed by atoms with van der Waals surface area (Å²) in [6.07, 6.45) is 2.93. The number of anilines is 1. The van der Waals surface area contributed by atoms with E-state index in [9.17, 15) is 14.9 Å². The van der Waals surface area contributed by atoms with E-state index in [2.05, 4.69) is 36.8 Å². The minimum absolute atomic E-state index is 0.0228. The first-order chi connectivity index (χ1) is 8.00. The quantitative estimate of drug-likeness (QED) is 0.458. The number of hydrogen-bond acceptors (Lipinski definition) is 4. The Balaban J connectivity index is 2.51. The molecule has 1 amide bonds. The second-order valence-electron chi connectivity index (χ2n) is 3.55. The molecule has 1 unspecified atom stereocenters. The van der Waals surface area contributed by atoms with Gasteiger partial charge in [0.25, 0.3) is 0 Å². The van der Waals surface area contributed by atoms with Gasteiger partial charge in [-0.2, -0.15) is 0 Å². The van der Waals surface area contributed by atoms with Crippen LogP contribution in [0.4, 0.5) is 11.4 Å². The van der Waals surface area contributed by atoms with Gasteiger partial charge in [0, 0.05) is 24.0 Å². The van der Waals surface area contributed by atoms with E-state index in [1.807, 2.05) is 0 Å². The number of halogens is 2. The molecule has 1 aromatic rings. The van der Waals surface area contributed by atoms with Gasteiger partial charge in [0.05, 0.1) is 9.40 Å². The summed E-state index contributed by atoms with van der Waals surface area (Å²) in [6, 6.07) is 0. The first-order valence-electron chi connectivity index (χ1n) is 4.73. The Morgan fingerprint density at radius 1 is 1.53 bits per heavy atom. The van der Waals surface area contributed by atoms with Crippen LogP contribution >= 0.6 is 31.9 Å². The molecule has 1 fully saturated rings. The number of amides is 1. The van der Waals surface area contributed by atoms with Crippen LogP contribution in [0.3, 0.4) is 0 Å². The Morgan fingerprint density at radius 3 is 2.76 bits per heavy atom. The van der Waals surface area contributed by atoms with Crippen LogP contribution < -0.4 is 4.90 Å². The zero-order valence-corrected chi connectivity index (χ0v) is 11.6. The van der Waals surface area contributed by atoms with Gasteiger partial charge < -0.3 is 4.90 Å². The molecule has 0 bridgehead atoms. The molecule has 0 spiro atoms. The fourth-order valence-electron chi connectivity index (χ4n) is 1.70. The van der Waals surface area contributed by atoms with Crippen molar-refractivity contribution >= 4 is 49.1 Å². The van der Waals surface area contributed by atoms with Crippen LogP contribution in [0.15, 0.2) is 16.9 Å². The average molecular weight is 365 g/mol. The zero-order chi connectivity index (χ0) is 12.6. The summed E-state index contributed by atoms with van der Waals surface area (Å²) in [5, 5.41) is 10.9. The number of alkyl halides is 1. The maximum atomic E-state index is 11.7. The third-order valence-electron chi connectivity index (χ3n) is 2.40. The molecule has 90 valence electrons. The smallest absolute Gasteiger partial charge is 0.304 e. The minimum atomic E-state index is -0.540. The van der Waals surface area contributed by atoms with E-state index < -0.39 is 4.92 Å². The lowest BCUT2D eigenvalue weighted by molar-refractivity contribution is -0.384. The molecule has 1 aliphatic heterocycles. The van der Waals surface area contributed by atoms with Crippen molar-refractivity contribution in [1.29, 1.82) is 0 Å². The molecule has 6 nitrogen and oxygen atoms in total. The van der Waals surface area contributed by atoms with Crippen LogP contribution in [0, 0.1) is 10.1 Å². The highest BCUT2D eigenvalue weighted by atomic mass is 79.9. The fourth-order valence-corrected chi connectivity index (χ4v) is 2.80. The maximum absolute atomic E-state index is 11.7. The number of carbonyl (C=O) groups is 1. The first kappa shape index (κ1) is 12.4. The van der Waals surface area contributed by atoms with Gasteiger partial charge in [0.1, 0.15) is 11.9 Å². The molecule has 0 aromatic carbocycles. The predicted octanol–water partition coefficient (Wildman–Crippen LogP) is 2.25. The lowest BCUT2D eigenvalue weighted by Crippen LogP contribution is -2.26. The van der Waals surface area contributed by atoms with Crippen molar-refractivity contribution in [2.24, 2.45) is 0 Å². The van der Waals surface area contributed by atoms with Gasteiger partial charge >= 0.3 is 5.69 Å². The number of nitro groups is 1. The summed E-state index contributed by atoms with van der Waals surface area (Å²) in [6.45, 7) is 0.419. The number of carbonyl (C=O) groups excluding carboxylic acids is 1. The summed E-state index contributed by atoms with van der Waals surface area (Å²) in [5.41, 5.74) is 0.103. The van der Waals surface area contributed by atoms with Crippen molar-refractivity contribution in [3.8, 4) is 0 Å². The minimum Gasteiger partial charge on any atom is -0.304 e. The van der Waals surface area contributed by atoms with Gasteiger partial charge in [-0.05, 0) is 15.9 Å². The Hall–Kier alpha value is -1.02. The highest BCUT2D eigenvalue weighted by Gasteiger charge is 2.34. The van der Waals surface area contributed by atoms with E-state index in [1.54, 1.807) is 0 Å². The summed E-state index contributed by atoms with van der Waals surface area (Å²) in [4.78, 5) is 27.3. The molecule has 0 radical (unpaired) electrons. The largest absolute Gasteiger partial charge is 0.312 e. The maximum Gasteiger partial charge on any atom is 0.312 e. The molecule has 2 heterocycles. The highest BCUT2D eigenvalue weighted by molar-refractivity contribution is 9.10. The van der Waals surface area contributed by atoms with Crippen LogP contribution in [0.1, 0.15) is 6.42 Å². The third-order valence-corrected chi connectivity index (χ3v) is 3.59. The van der Waals surface area contributed by atoms with Gasteiger partial charge in [-0.25, -0.2) is 0 Å². The number of pyridine rings is 1. The Labute approximate surface area is 113 Å². The van der Waals surface area contributed by atoms with Gasteiger partial charge in [0.15, 0.2) is 0 Å². The van der Waals surface area contributed by atoms with Crippen molar-refractivity contribution in [3.05, 3.63) is 27.0 Å². The lowest BCUT2D eigenvalue weighted by atomic mass is 10.3. The van der Waals surface area contributed by atoms with Gasteiger partial charge in [-0.1, -0.05) is 15.9 Å². The Kier molecular flexibility index (Phi) is 3.43. The normalized spacial score (nSPS) is 19.8. The molecule has 1 saturated heterocycles. The summed E-state index contributed by atoms with van der Waals surface area (Å²) in [5.74, 6) is -0.137. The fraction of sp³-hybridized carbons (Fsp3) is 0.333. The summed E-state index contributed by atoms with van der Waals surface area (Å²) < 4.78 is 0.446. The molecule has 1 atom stereocenters.